The second-order valence-electron chi connectivity index (χ2n) is 7.03. The van der Waals surface area contributed by atoms with E-state index in [-0.39, 0.29) is 12.0 Å². The minimum Gasteiger partial charge on any atom is -0.390 e. The first-order valence-corrected chi connectivity index (χ1v) is 9.17. The maximum atomic E-state index is 12.5. The molecule has 2 aliphatic heterocycles. The van der Waals surface area contributed by atoms with Crippen molar-refractivity contribution in [2.45, 2.75) is 32.3 Å². The topological polar surface area (TPSA) is 86.2 Å². The zero-order valence-corrected chi connectivity index (χ0v) is 14.9. The lowest BCUT2D eigenvalue weighted by Crippen LogP contribution is -2.46. The van der Waals surface area contributed by atoms with Crippen LogP contribution in [0.25, 0.3) is 0 Å². The number of ether oxygens (including phenoxy) is 1. The van der Waals surface area contributed by atoms with Crippen molar-refractivity contribution in [3.8, 4) is 0 Å². The Morgan fingerprint density at radius 3 is 2.88 bits per heavy atom. The summed E-state index contributed by atoms with van der Waals surface area (Å²) in [5.41, 5.74) is 2.64. The predicted octanol–water partition coefficient (Wildman–Crippen LogP) is 1.27. The second-order valence-corrected chi connectivity index (χ2v) is 7.03. The number of carbonyl (C=O) groups is 1. The smallest absolute Gasteiger partial charge is 0.251 e. The summed E-state index contributed by atoms with van der Waals surface area (Å²) in [4.78, 5) is 12.5. The molecule has 6 heteroatoms. The molecule has 3 aliphatic rings. The van der Waals surface area contributed by atoms with E-state index in [1.54, 1.807) is 12.2 Å². The van der Waals surface area contributed by atoms with E-state index in [1.165, 1.54) is 0 Å². The number of hydrogen-bond donors (Lipinski definition) is 4. The van der Waals surface area contributed by atoms with Crippen molar-refractivity contribution in [1.82, 2.24) is 16.0 Å². The van der Waals surface area contributed by atoms with Gasteiger partial charge >= 0.3 is 0 Å². The monoisotopic (exact) mass is 344 g/mol. The summed E-state index contributed by atoms with van der Waals surface area (Å²) >= 11 is 0. The molecule has 0 spiro atoms. The Labute approximate surface area is 149 Å². The van der Waals surface area contributed by atoms with Gasteiger partial charge in [0, 0.05) is 56.0 Å². The van der Waals surface area contributed by atoms with Crippen molar-refractivity contribution in [3.63, 3.8) is 0 Å². The molecule has 25 heavy (non-hydrogen) atoms. The highest BCUT2D eigenvalue weighted by Gasteiger charge is 2.21. The minimum absolute atomic E-state index is 0.0930. The fourth-order valence-electron chi connectivity index (χ4n) is 3.19. The van der Waals surface area contributed by atoms with Gasteiger partial charge < -0.3 is 26.1 Å². The minimum atomic E-state index is -0.0930. The first-order chi connectivity index (χ1) is 12.1. The summed E-state index contributed by atoms with van der Waals surface area (Å²) < 4.78 is 5.66. The van der Waals surface area contributed by atoms with Gasteiger partial charge in [-0.05, 0) is 43.9 Å². The number of allylic oxidation sites excluding steroid dienone is 3. The van der Waals surface area contributed by atoms with E-state index in [0.29, 0.717) is 23.7 Å². The number of amides is 1. The van der Waals surface area contributed by atoms with E-state index >= 15 is 0 Å². The molecule has 1 amide bonds. The first-order valence-electron chi connectivity index (χ1n) is 9.17. The third-order valence-electron chi connectivity index (χ3n) is 4.94. The molecule has 1 unspecified atom stereocenters. The predicted molar refractivity (Wildman–Crippen MR) is 98.6 cm³/mol. The highest BCUT2D eigenvalue weighted by molar-refractivity contribution is 6.14. The standard InChI is InChI=1S/C19H28N4O2/c1-13-6-18(20)15(11-22-10-14-8-21-9-14)7-17(13)19(24)23-12-16-4-2-3-5-25-16/h6-7,11,14,16,20-22H,2-5,8-10,12H2,1H3,(H,23,24)/b15-11-,20-18?. The van der Waals surface area contributed by atoms with Gasteiger partial charge in [0.1, 0.15) is 0 Å². The zero-order valence-electron chi connectivity index (χ0n) is 14.9. The Balaban J connectivity index is 1.57. The summed E-state index contributed by atoms with van der Waals surface area (Å²) in [6.45, 7) is 6.18. The quantitative estimate of drug-likeness (QED) is 0.584. The van der Waals surface area contributed by atoms with E-state index in [4.69, 9.17) is 10.1 Å². The molecule has 0 radical (unpaired) electrons. The lowest BCUT2D eigenvalue weighted by molar-refractivity contribution is -0.118. The lowest BCUT2D eigenvalue weighted by Gasteiger charge is -2.27. The first kappa shape index (κ1) is 17.9. The highest BCUT2D eigenvalue weighted by Crippen LogP contribution is 2.20. The average molecular weight is 344 g/mol. The molecule has 0 aromatic carbocycles. The van der Waals surface area contributed by atoms with Crippen molar-refractivity contribution < 1.29 is 9.53 Å². The van der Waals surface area contributed by atoms with Crippen molar-refractivity contribution in [2.24, 2.45) is 5.92 Å². The SMILES string of the molecule is CC1=CC(=N)/C(=C\NCC2CNC2)C=C1C(=O)NCC1CCCCO1. The highest BCUT2D eigenvalue weighted by atomic mass is 16.5. The molecule has 3 rings (SSSR count). The molecular formula is C19H28N4O2. The Morgan fingerprint density at radius 1 is 1.36 bits per heavy atom. The summed E-state index contributed by atoms with van der Waals surface area (Å²) in [6, 6.07) is 0. The van der Waals surface area contributed by atoms with E-state index in [0.717, 1.165) is 56.6 Å². The van der Waals surface area contributed by atoms with Gasteiger partial charge in [-0.1, -0.05) is 0 Å². The Bertz CT molecular complexity index is 611. The van der Waals surface area contributed by atoms with Crippen LogP contribution in [-0.2, 0) is 9.53 Å². The maximum absolute atomic E-state index is 12.5. The van der Waals surface area contributed by atoms with Gasteiger partial charge in [0.25, 0.3) is 5.91 Å². The van der Waals surface area contributed by atoms with Gasteiger partial charge in [-0.2, -0.15) is 0 Å². The molecule has 4 N–H and O–H groups in total. The molecule has 0 aromatic heterocycles. The Morgan fingerprint density at radius 2 is 2.20 bits per heavy atom. The number of carbonyl (C=O) groups excluding carboxylic acids is 1. The molecule has 0 bridgehead atoms. The molecule has 136 valence electrons. The molecule has 6 nitrogen and oxygen atoms in total. The molecule has 2 fully saturated rings. The fraction of sp³-hybridized carbons (Fsp3) is 0.579. The van der Waals surface area contributed by atoms with E-state index in [1.807, 2.05) is 13.1 Å². The molecule has 1 aliphatic carbocycles. The van der Waals surface area contributed by atoms with E-state index in [2.05, 4.69) is 16.0 Å². The van der Waals surface area contributed by atoms with Crippen molar-refractivity contribution >= 4 is 11.6 Å². The molecule has 2 heterocycles. The van der Waals surface area contributed by atoms with Crippen LogP contribution < -0.4 is 16.0 Å². The van der Waals surface area contributed by atoms with E-state index < -0.39 is 0 Å². The zero-order chi connectivity index (χ0) is 17.6. The molecule has 0 saturated carbocycles. The van der Waals surface area contributed by atoms with Gasteiger partial charge in [0.15, 0.2) is 0 Å². The van der Waals surface area contributed by atoms with E-state index in [9.17, 15) is 4.79 Å². The molecule has 0 aromatic rings. The van der Waals surface area contributed by atoms with Crippen LogP contribution in [0.2, 0.25) is 0 Å². The summed E-state index contributed by atoms with van der Waals surface area (Å²) in [7, 11) is 0. The number of rotatable bonds is 6. The fourth-order valence-corrected chi connectivity index (χ4v) is 3.19. The maximum Gasteiger partial charge on any atom is 0.251 e. The Hall–Kier alpha value is -1.92. The van der Waals surface area contributed by atoms with Crippen molar-refractivity contribution in [2.75, 3.05) is 32.8 Å². The second kappa shape index (κ2) is 8.45. The largest absolute Gasteiger partial charge is 0.390 e. The van der Waals surface area contributed by atoms with Crippen LogP contribution in [0.5, 0.6) is 0 Å². The van der Waals surface area contributed by atoms with Crippen molar-refractivity contribution in [1.29, 1.82) is 5.41 Å². The van der Waals surface area contributed by atoms with Crippen LogP contribution in [0.1, 0.15) is 26.2 Å². The lowest BCUT2D eigenvalue weighted by atomic mass is 9.93. The summed E-state index contributed by atoms with van der Waals surface area (Å²) in [5.74, 6) is 0.554. The van der Waals surface area contributed by atoms with Crippen LogP contribution in [0.3, 0.4) is 0 Å². The third-order valence-corrected chi connectivity index (χ3v) is 4.94. The van der Waals surface area contributed by atoms with Crippen LogP contribution in [0.4, 0.5) is 0 Å². The van der Waals surface area contributed by atoms with Crippen LogP contribution >= 0.6 is 0 Å². The van der Waals surface area contributed by atoms with Crippen LogP contribution in [0, 0.1) is 11.3 Å². The van der Waals surface area contributed by atoms with Gasteiger partial charge in [-0.25, -0.2) is 0 Å². The molecular weight excluding hydrogens is 316 g/mol. The number of nitrogens with one attached hydrogen (secondary N) is 4. The van der Waals surface area contributed by atoms with Gasteiger partial charge in [0.2, 0.25) is 0 Å². The van der Waals surface area contributed by atoms with Crippen LogP contribution in [-0.4, -0.2) is 50.5 Å². The van der Waals surface area contributed by atoms with Crippen LogP contribution in [0.15, 0.2) is 35.1 Å². The summed E-state index contributed by atoms with van der Waals surface area (Å²) in [5, 5.41) is 17.6. The number of hydrogen-bond acceptors (Lipinski definition) is 5. The van der Waals surface area contributed by atoms with Gasteiger partial charge in [-0.15, -0.1) is 0 Å². The van der Waals surface area contributed by atoms with Gasteiger partial charge in [-0.3, -0.25) is 4.79 Å². The van der Waals surface area contributed by atoms with Crippen molar-refractivity contribution in [3.05, 3.63) is 35.1 Å². The average Bonchev–Trinajstić information content (AvgIpc) is 2.57. The molecule has 1 atom stereocenters. The third kappa shape index (κ3) is 4.80. The normalized spacial score (nSPS) is 25.9. The van der Waals surface area contributed by atoms with Gasteiger partial charge in [0.05, 0.1) is 11.8 Å². The summed E-state index contributed by atoms with van der Waals surface area (Å²) in [6.07, 6.45) is 8.81. The Kier molecular flexibility index (Phi) is 6.04. The molecule has 2 saturated heterocycles.